The van der Waals surface area contributed by atoms with Crippen molar-refractivity contribution in [2.45, 2.75) is 19.5 Å². The van der Waals surface area contributed by atoms with Gasteiger partial charge in [-0.15, -0.1) is 0 Å². The number of hydrogen-bond donors (Lipinski definition) is 2. The molecule has 4 heteroatoms. The second-order valence-electron chi connectivity index (χ2n) is 3.76. The van der Waals surface area contributed by atoms with Gasteiger partial charge in [0.25, 0.3) is 0 Å². The Balaban J connectivity index is 2.68. The Morgan fingerprint density at radius 1 is 1.44 bits per heavy atom. The number of carbonyl (C=O) groups excluding carboxylic acids is 1. The van der Waals surface area contributed by atoms with Gasteiger partial charge >= 0.3 is 0 Å². The highest BCUT2D eigenvalue weighted by Crippen LogP contribution is 2.05. The van der Waals surface area contributed by atoms with Gasteiger partial charge in [0.1, 0.15) is 0 Å². The molecule has 0 aliphatic rings. The standard InChI is InChI=1S/C12H18N2O2/c1-10(13)12(16)14(7-8-15)9-11-5-3-2-4-6-11/h2-6,10,15H,7-9,13H2,1H3/t10-/m1/s1. The van der Waals surface area contributed by atoms with E-state index < -0.39 is 6.04 Å². The monoisotopic (exact) mass is 222 g/mol. The van der Waals surface area contributed by atoms with Gasteiger partial charge in [-0.1, -0.05) is 30.3 Å². The van der Waals surface area contributed by atoms with Crippen LogP contribution in [0.15, 0.2) is 30.3 Å². The Kier molecular flexibility index (Phi) is 4.95. The third-order valence-corrected chi connectivity index (χ3v) is 2.29. The van der Waals surface area contributed by atoms with E-state index in [0.717, 1.165) is 5.56 Å². The second-order valence-corrected chi connectivity index (χ2v) is 3.76. The van der Waals surface area contributed by atoms with Gasteiger partial charge in [0.15, 0.2) is 0 Å². The Morgan fingerprint density at radius 3 is 2.56 bits per heavy atom. The number of aliphatic hydroxyl groups excluding tert-OH is 1. The first-order valence-electron chi connectivity index (χ1n) is 5.34. The van der Waals surface area contributed by atoms with Crippen molar-refractivity contribution in [3.8, 4) is 0 Å². The molecule has 0 aromatic heterocycles. The predicted molar refractivity (Wildman–Crippen MR) is 62.6 cm³/mol. The van der Waals surface area contributed by atoms with Crippen LogP contribution in [0.2, 0.25) is 0 Å². The summed E-state index contributed by atoms with van der Waals surface area (Å²) in [6, 6.07) is 9.12. The van der Waals surface area contributed by atoms with E-state index >= 15 is 0 Å². The molecule has 3 N–H and O–H groups in total. The molecule has 0 aliphatic carbocycles. The molecule has 1 amide bonds. The molecule has 0 saturated carbocycles. The topological polar surface area (TPSA) is 66.6 Å². The minimum atomic E-state index is -0.532. The van der Waals surface area contributed by atoms with Crippen LogP contribution in [-0.2, 0) is 11.3 Å². The van der Waals surface area contributed by atoms with Gasteiger partial charge in [-0.05, 0) is 12.5 Å². The first-order valence-corrected chi connectivity index (χ1v) is 5.34. The summed E-state index contributed by atoms with van der Waals surface area (Å²) >= 11 is 0. The van der Waals surface area contributed by atoms with Gasteiger partial charge in [-0.3, -0.25) is 4.79 Å². The SMILES string of the molecule is C[C@@H](N)C(=O)N(CCO)Cc1ccccc1. The average molecular weight is 222 g/mol. The summed E-state index contributed by atoms with van der Waals surface area (Å²) in [6.07, 6.45) is 0. The number of hydrogen-bond acceptors (Lipinski definition) is 3. The molecule has 0 radical (unpaired) electrons. The van der Waals surface area contributed by atoms with E-state index in [4.69, 9.17) is 10.8 Å². The van der Waals surface area contributed by atoms with Crippen LogP contribution in [0.1, 0.15) is 12.5 Å². The van der Waals surface area contributed by atoms with E-state index in [1.165, 1.54) is 0 Å². The molecule has 0 aliphatic heterocycles. The van der Waals surface area contributed by atoms with Gasteiger partial charge in [0, 0.05) is 13.1 Å². The zero-order valence-corrected chi connectivity index (χ0v) is 9.47. The van der Waals surface area contributed by atoms with Gasteiger partial charge < -0.3 is 15.7 Å². The van der Waals surface area contributed by atoms with Crippen LogP contribution < -0.4 is 5.73 Å². The zero-order chi connectivity index (χ0) is 12.0. The molecule has 1 aromatic carbocycles. The van der Waals surface area contributed by atoms with Crippen molar-refractivity contribution in [1.29, 1.82) is 0 Å². The molecule has 1 atom stereocenters. The third-order valence-electron chi connectivity index (χ3n) is 2.29. The minimum absolute atomic E-state index is 0.0503. The largest absolute Gasteiger partial charge is 0.395 e. The average Bonchev–Trinajstić information content (AvgIpc) is 2.29. The Hall–Kier alpha value is -1.39. The zero-order valence-electron chi connectivity index (χ0n) is 9.47. The van der Waals surface area contributed by atoms with Crippen LogP contribution in [0.3, 0.4) is 0 Å². The Labute approximate surface area is 95.7 Å². The van der Waals surface area contributed by atoms with Crippen LogP contribution in [0, 0.1) is 0 Å². The highest BCUT2D eigenvalue weighted by molar-refractivity contribution is 5.81. The lowest BCUT2D eigenvalue weighted by Crippen LogP contribution is -2.42. The number of benzene rings is 1. The molecule has 0 fully saturated rings. The number of carbonyl (C=O) groups is 1. The third kappa shape index (κ3) is 3.64. The minimum Gasteiger partial charge on any atom is -0.395 e. The number of rotatable bonds is 5. The highest BCUT2D eigenvalue weighted by atomic mass is 16.3. The van der Waals surface area contributed by atoms with Crippen molar-refractivity contribution < 1.29 is 9.90 Å². The fourth-order valence-corrected chi connectivity index (χ4v) is 1.48. The van der Waals surface area contributed by atoms with E-state index in [2.05, 4.69) is 0 Å². The van der Waals surface area contributed by atoms with E-state index in [0.29, 0.717) is 13.1 Å². The molecule has 88 valence electrons. The summed E-state index contributed by atoms with van der Waals surface area (Å²) in [5.74, 6) is -0.141. The lowest BCUT2D eigenvalue weighted by atomic mass is 10.2. The summed E-state index contributed by atoms with van der Waals surface area (Å²) in [5, 5.41) is 8.91. The number of amides is 1. The maximum atomic E-state index is 11.7. The molecule has 0 unspecified atom stereocenters. The number of aliphatic hydroxyl groups is 1. The molecule has 1 aromatic rings. The maximum Gasteiger partial charge on any atom is 0.239 e. The predicted octanol–water partition coefficient (Wildman–Crippen LogP) is 0.355. The number of nitrogens with two attached hydrogens (primary N) is 1. The lowest BCUT2D eigenvalue weighted by Gasteiger charge is -2.23. The summed E-state index contributed by atoms with van der Waals surface area (Å²) in [7, 11) is 0. The summed E-state index contributed by atoms with van der Waals surface area (Å²) in [4.78, 5) is 13.3. The molecule has 0 saturated heterocycles. The molecule has 1 rings (SSSR count). The van der Waals surface area contributed by atoms with E-state index in [1.807, 2.05) is 30.3 Å². The van der Waals surface area contributed by atoms with Crippen LogP contribution in [0.25, 0.3) is 0 Å². The fourth-order valence-electron chi connectivity index (χ4n) is 1.48. The van der Waals surface area contributed by atoms with Crippen molar-refractivity contribution in [2.24, 2.45) is 5.73 Å². The fraction of sp³-hybridized carbons (Fsp3) is 0.417. The smallest absolute Gasteiger partial charge is 0.239 e. The van der Waals surface area contributed by atoms with Crippen molar-refractivity contribution in [1.82, 2.24) is 4.90 Å². The van der Waals surface area contributed by atoms with Crippen molar-refractivity contribution >= 4 is 5.91 Å². The normalized spacial score (nSPS) is 12.2. The van der Waals surface area contributed by atoms with Crippen LogP contribution >= 0.6 is 0 Å². The van der Waals surface area contributed by atoms with Crippen molar-refractivity contribution in [3.05, 3.63) is 35.9 Å². The van der Waals surface area contributed by atoms with Gasteiger partial charge in [-0.25, -0.2) is 0 Å². The lowest BCUT2D eigenvalue weighted by molar-refractivity contribution is -0.133. The van der Waals surface area contributed by atoms with Gasteiger partial charge in [0.2, 0.25) is 5.91 Å². The van der Waals surface area contributed by atoms with Crippen LogP contribution in [0.5, 0.6) is 0 Å². The molecule has 4 nitrogen and oxygen atoms in total. The molecule has 16 heavy (non-hydrogen) atoms. The first-order chi connectivity index (χ1) is 7.65. The van der Waals surface area contributed by atoms with Crippen molar-refractivity contribution in [3.63, 3.8) is 0 Å². The summed E-state index contributed by atoms with van der Waals surface area (Å²) in [6.45, 7) is 2.40. The van der Waals surface area contributed by atoms with E-state index in [1.54, 1.807) is 11.8 Å². The number of nitrogens with zero attached hydrogens (tertiary/aromatic N) is 1. The van der Waals surface area contributed by atoms with E-state index in [9.17, 15) is 4.79 Å². The van der Waals surface area contributed by atoms with Crippen LogP contribution in [-0.4, -0.2) is 35.1 Å². The molecular formula is C12H18N2O2. The van der Waals surface area contributed by atoms with Crippen molar-refractivity contribution in [2.75, 3.05) is 13.2 Å². The van der Waals surface area contributed by atoms with Gasteiger partial charge in [-0.2, -0.15) is 0 Å². The molecule has 0 heterocycles. The molecule has 0 bridgehead atoms. The quantitative estimate of drug-likeness (QED) is 0.755. The Bertz CT molecular complexity index is 325. The Morgan fingerprint density at radius 2 is 2.06 bits per heavy atom. The summed E-state index contributed by atoms with van der Waals surface area (Å²) in [5.41, 5.74) is 6.58. The van der Waals surface area contributed by atoms with E-state index in [-0.39, 0.29) is 12.5 Å². The van der Waals surface area contributed by atoms with Gasteiger partial charge in [0.05, 0.1) is 12.6 Å². The second kappa shape index (κ2) is 6.25. The summed E-state index contributed by atoms with van der Waals surface area (Å²) < 4.78 is 0. The molecular weight excluding hydrogens is 204 g/mol. The van der Waals surface area contributed by atoms with Crippen LogP contribution in [0.4, 0.5) is 0 Å². The highest BCUT2D eigenvalue weighted by Gasteiger charge is 2.16. The first kappa shape index (κ1) is 12.7. The maximum absolute atomic E-state index is 11.7. The molecule has 0 spiro atoms.